The molecule has 1 aromatic rings. The van der Waals surface area contributed by atoms with Crippen LogP contribution >= 0.6 is 0 Å². The summed E-state index contributed by atoms with van der Waals surface area (Å²) in [4.78, 5) is 31.6. The van der Waals surface area contributed by atoms with Crippen molar-refractivity contribution in [1.82, 2.24) is 20.0 Å². The van der Waals surface area contributed by atoms with E-state index in [1.165, 1.54) is 11.0 Å². The first-order valence-electron chi connectivity index (χ1n) is 10.3. The zero-order valence-electron chi connectivity index (χ0n) is 17.7. The number of halogens is 3. The summed E-state index contributed by atoms with van der Waals surface area (Å²) in [6.07, 6.45) is 0.548. The Morgan fingerprint density at radius 2 is 1.87 bits per heavy atom. The molecule has 7 nitrogen and oxygen atoms in total. The van der Waals surface area contributed by atoms with Gasteiger partial charge in [0.05, 0.1) is 5.56 Å². The molecule has 2 heterocycles. The SMILES string of the molecule is CN(C)CCC(=O)N1CCC(NC(=O)N2C=CN(c3cccc(C(F)(F)F)c3)C2)CC1. The lowest BCUT2D eigenvalue weighted by atomic mass is 10.0. The fourth-order valence-corrected chi connectivity index (χ4v) is 3.59. The Hall–Kier alpha value is -2.75. The molecule has 0 atom stereocenters. The van der Waals surface area contributed by atoms with E-state index in [1.54, 1.807) is 23.4 Å². The topological polar surface area (TPSA) is 59.1 Å². The van der Waals surface area contributed by atoms with E-state index in [4.69, 9.17) is 0 Å². The summed E-state index contributed by atoms with van der Waals surface area (Å²) < 4.78 is 38.8. The summed E-state index contributed by atoms with van der Waals surface area (Å²) in [7, 11) is 3.85. The average Bonchev–Trinajstić information content (AvgIpc) is 3.22. The lowest BCUT2D eigenvalue weighted by Crippen LogP contribution is -2.49. The molecule has 0 unspecified atom stereocenters. The van der Waals surface area contributed by atoms with Crippen molar-refractivity contribution >= 4 is 17.6 Å². The monoisotopic (exact) mass is 439 g/mol. The molecule has 31 heavy (non-hydrogen) atoms. The molecule has 3 rings (SSSR count). The first-order valence-corrected chi connectivity index (χ1v) is 10.3. The predicted molar refractivity (Wildman–Crippen MR) is 111 cm³/mol. The molecule has 3 amide bonds. The van der Waals surface area contributed by atoms with Crippen molar-refractivity contribution in [3.8, 4) is 0 Å². The van der Waals surface area contributed by atoms with Gasteiger partial charge in [0.25, 0.3) is 0 Å². The van der Waals surface area contributed by atoms with Crippen molar-refractivity contribution in [2.45, 2.75) is 31.5 Å². The summed E-state index contributed by atoms with van der Waals surface area (Å²) in [5.74, 6) is 0.123. The molecule has 0 aliphatic carbocycles. The van der Waals surface area contributed by atoms with E-state index < -0.39 is 11.7 Å². The van der Waals surface area contributed by atoms with Crippen molar-refractivity contribution in [1.29, 1.82) is 0 Å². The van der Waals surface area contributed by atoms with Crippen LogP contribution in [-0.2, 0) is 11.0 Å². The summed E-state index contributed by atoms with van der Waals surface area (Å²) in [6.45, 7) is 2.04. The standard InChI is InChI=1S/C21H28F3N5O2/c1-26(2)9-8-19(30)27-10-6-17(7-11-27)25-20(31)29-13-12-28(15-29)18-5-3-4-16(14-18)21(22,23)24/h3-5,12-14,17H,6-11,15H2,1-2H3,(H,25,31). The van der Waals surface area contributed by atoms with Crippen molar-refractivity contribution in [3.05, 3.63) is 42.2 Å². The van der Waals surface area contributed by atoms with Crippen molar-refractivity contribution in [2.24, 2.45) is 0 Å². The number of piperidine rings is 1. The van der Waals surface area contributed by atoms with Crippen LogP contribution in [0.25, 0.3) is 0 Å². The Morgan fingerprint density at radius 3 is 2.52 bits per heavy atom. The maximum absolute atomic E-state index is 12.9. The third kappa shape index (κ3) is 6.13. The predicted octanol–water partition coefficient (Wildman–Crippen LogP) is 2.91. The molecule has 170 valence electrons. The third-order valence-electron chi connectivity index (χ3n) is 5.45. The van der Waals surface area contributed by atoms with E-state index in [-0.39, 0.29) is 24.6 Å². The zero-order chi connectivity index (χ0) is 22.6. The fraction of sp³-hybridized carbons (Fsp3) is 0.524. The summed E-state index contributed by atoms with van der Waals surface area (Å²) in [5, 5.41) is 2.96. The molecule has 0 spiro atoms. The Labute approximate surface area is 180 Å². The molecule has 1 saturated heterocycles. The van der Waals surface area contributed by atoms with Gasteiger partial charge in [-0.3, -0.25) is 9.69 Å². The molecular weight excluding hydrogens is 411 g/mol. The van der Waals surface area contributed by atoms with Gasteiger partial charge in [-0.15, -0.1) is 0 Å². The molecule has 2 aliphatic rings. The number of alkyl halides is 3. The van der Waals surface area contributed by atoms with Crippen LogP contribution < -0.4 is 10.2 Å². The fourth-order valence-electron chi connectivity index (χ4n) is 3.59. The number of carbonyl (C=O) groups excluding carboxylic acids is 2. The largest absolute Gasteiger partial charge is 0.416 e. The normalized spacial score (nSPS) is 17.5. The molecule has 0 saturated carbocycles. The minimum atomic E-state index is -4.42. The van der Waals surface area contributed by atoms with Gasteiger partial charge in [0.15, 0.2) is 0 Å². The Kier molecular flexibility index (Phi) is 7.09. The smallest absolute Gasteiger partial charge is 0.343 e. The number of amides is 3. The molecule has 0 bridgehead atoms. The number of benzene rings is 1. The quantitative estimate of drug-likeness (QED) is 0.767. The second kappa shape index (κ2) is 9.59. The number of hydrogen-bond donors (Lipinski definition) is 1. The minimum Gasteiger partial charge on any atom is -0.343 e. The van der Waals surface area contributed by atoms with Gasteiger partial charge in [0, 0.05) is 50.2 Å². The van der Waals surface area contributed by atoms with Gasteiger partial charge in [-0.1, -0.05) is 6.07 Å². The van der Waals surface area contributed by atoms with Gasteiger partial charge < -0.3 is 20.0 Å². The van der Waals surface area contributed by atoms with Crippen LogP contribution in [0.3, 0.4) is 0 Å². The molecule has 2 aliphatic heterocycles. The van der Waals surface area contributed by atoms with Crippen LogP contribution in [0.5, 0.6) is 0 Å². The van der Waals surface area contributed by atoms with Crippen LogP contribution in [-0.4, -0.2) is 73.1 Å². The van der Waals surface area contributed by atoms with Crippen molar-refractivity contribution < 1.29 is 22.8 Å². The van der Waals surface area contributed by atoms with Crippen LogP contribution in [0.15, 0.2) is 36.7 Å². The van der Waals surface area contributed by atoms with Gasteiger partial charge in [-0.25, -0.2) is 4.79 Å². The van der Waals surface area contributed by atoms with Gasteiger partial charge in [-0.05, 0) is 45.1 Å². The van der Waals surface area contributed by atoms with E-state index in [9.17, 15) is 22.8 Å². The highest BCUT2D eigenvalue weighted by molar-refractivity contribution is 5.78. The second-order valence-electron chi connectivity index (χ2n) is 8.09. The Balaban J connectivity index is 1.47. The van der Waals surface area contributed by atoms with Gasteiger partial charge in [-0.2, -0.15) is 13.2 Å². The number of nitrogens with zero attached hydrogens (tertiary/aromatic N) is 4. The van der Waals surface area contributed by atoms with E-state index in [0.29, 0.717) is 44.6 Å². The highest BCUT2D eigenvalue weighted by Crippen LogP contribution is 2.32. The number of carbonyl (C=O) groups is 2. The lowest BCUT2D eigenvalue weighted by molar-refractivity contribution is -0.137. The number of rotatable bonds is 5. The zero-order valence-corrected chi connectivity index (χ0v) is 17.7. The molecule has 10 heteroatoms. The minimum absolute atomic E-state index is 0.0404. The molecule has 0 radical (unpaired) electrons. The Morgan fingerprint density at radius 1 is 1.16 bits per heavy atom. The van der Waals surface area contributed by atoms with Crippen LogP contribution in [0.1, 0.15) is 24.8 Å². The van der Waals surface area contributed by atoms with Crippen LogP contribution in [0, 0.1) is 0 Å². The van der Waals surface area contributed by atoms with Crippen molar-refractivity contribution in [3.63, 3.8) is 0 Å². The van der Waals surface area contributed by atoms with E-state index in [0.717, 1.165) is 12.1 Å². The van der Waals surface area contributed by atoms with Crippen LogP contribution in [0.2, 0.25) is 0 Å². The third-order valence-corrected chi connectivity index (χ3v) is 5.45. The number of likely N-dealkylation sites (tertiary alicyclic amines) is 1. The van der Waals surface area contributed by atoms with Gasteiger partial charge in [0.1, 0.15) is 6.67 Å². The average molecular weight is 439 g/mol. The van der Waals surface area contributed by atoms with E-state index in [1.807, 2.05) is 23.9 Å². The molecule has 1 aromatic carbocycles. The molecule has 0 aromatic heterocycles. The number of urea groups is 1. The maximum atomic E-state index is 12.9. The number of nitrogens with one attached hydrogen (secondary N) is 1. The van der Waals surface area contributed by atoms with Crippen molar-refractivity contribution in [2.75, 3.05) is 45.3 Å². The molecule has 1 N–H and O–H groups in total. The van der Waals surface area contributed by atoms with E-state index in [2.05, 4.69) is 5.32 Å². The van der Waals surface area contributed by atoms with Crippen LogP contribution in [0.4, 0.5) is 23.7 Å². The maximum Gasteiger partial charge on any atom is 0.416 e. The molecular formula is C21H28F3N5O2. The number of anilines is 1. The first-order chi connectivity index (χ1) is 14.6. The summed E-state index contributed by atoms with van der Waals surface area (Å²) in [5.41, 5.74) is -0.362. The molecule has 1 fully saturated rings. The second-order valence-corrected chi connectivity index (χ2v) is 8.09. The summed E-state index contributed by atoms with van der Waals surface area (Å²) >= 11 is 0. The highest BCUT2D eigenvalue weighted by Gasteiger charge is 2.31. The van der Waals surface area contributed by atoms with E-state index >= 15 is 0 Å². The summed E-state index contributed by atoms with van der Waals surface area (Å²) in [6, 6.07) is 4.66. The number of hydrogen-bond acceptors (Lipinski definition) is 4. The lowest BCUT2D eigenvalue weighted by Gasteiger charge is -2.33. The first kappa shape index (κ1) is 22.9. The Bertz CT molecular complexity index is 819. The van der Waals surface area contributed by atoms with Gasteiger partial charge in [0.2, 0.25) is 5.91 Å². The highest BCUT2D eigenvalue weighted by atomic mass is 19.4. The van der Waals surface area contributed by atoms with Gasteiger partial charge >= 0.3 is 12.2 Å².